The SMILES string of the molecule is COc1cc(C(=O)O)ccc1NSN1Cc2nc(C#CC3CCC(C4CCCCC4)CC3)sc2C1. The number of thiazole rings is 1. The molecular formula is C27H33N3O3S2. The second kappa shape index (κ2) is 11.2. The van der Waals surface area contributed by atoms with Crippen LogP contribution >= 0.6 is 23.5 Å². The molecule has 2 aliphatic carbocycles. The van der Waals surface area contributed by atoms with Crippen molar-refractivity contribution in [2.75, 3.05) is 11.8 Å². The summed E-state index contributed by atoms with van der Waals surface area (Å²) in [5, 5.41) is 10.1. The van der Waals surface area contributed by atoms with E-state index in [9.17, 15) is 4.79 Å². The van der Waals surface area contributed by atoms with Gasteiger partial charge in [0, 0.05) is 29.5 Å². The number of hydrogen-bond acceptors (Lipinski definition) is 7. The molecule has 0 unspecified atom stereocenters. The third-order valence-electron chi connectivity index (χ3n) is 7.63. The van der Waals surface area contributed by atoms with Crippen LogP contribution in [0.15, 0.2) is 18.2 Å². The number of aromatic carboxylic acids is 1. The number of carboxylic acids is 1. The van der Waals surface area contributed by atoms with Gasteiger partial charge in [-0.15, -0.1) is 11.3 Å². The number of nitrogens with zero attached hydrogens (tertiary/aromatic N) is 2. The summed E-state index contributed by atoms with van der Waals surface area (Å²) in [5.74, 6) is 8.95. The van der Waals surface area contributed by atoms with Crippen LogP contribution in [0.4, 0.5) is 5.69 Å². The average molecular weight is 512 g/mol. The number of methoxy groups -OCH3 is 1. The molecule has 35 heavy (non-hydrogen) atoms. The fraction of sp³-hybridized carbons (Fsp3) is 0.556. The first-order valence-corrected chi connectivity index (χ1v) is 14.3. The molecule has 0 bridgehead atoms. The molecule has 2 aromatic rings. The van der Waals surface area contributed by atoms with E-state index in [2.05, 4.69) is 20.9 Å². The smallest absolute Gasteiger partial charge is 0.335 e. The highest BCUT2D eigenvalue weighted by Gasteiger charge is 2.28. The first kappa shape index (κ1) is 24.5. The van der Waals surface area contributed by atoms with Gasteiger partial charge in [0.05, 0.1) is 30.6 Å². The van der Waals surface area contributed by atoms with Gasteiger partial charge in [-0.05, 0) is 61.6 Å². The van der Waals surface area contributed by atoms with E-state index in [0.29, 0.717) is 11.7 Å². The quantitative estimate of drug-likeness (QED) is 0.335. The number of benzene rings is 1. The fourth-order valence-corrected chi connectivity index (χ4v) is 7.46. The minimum Gasteiger partial charge on any atom is -0.495 e. The second-order valence-corrected chi connectivity index (χ2v) is 11.9. The summed E-state index contributed by atoms with van der Waals surface area (Å²) in [6.07, 6.45) is 12.5. The third kappa shape index (κ3) is 5.96. The lowest BCUT2D eigenvalue weighted by atomic mass is 9.71. The third-order valence-corrected chi connectivity index (χ3v) is 9.45. The molecule has 2 heterocycles. The van der Waals surface area contributed by atoms with Gasteiger partial charge >= 0.3 is 5.97 Å². The van der Waals surface area contributed by atoms with E-state index in [0.717, 1.165) is 41.3 Å². The highest BCUT2D eigenvalue weighted by atomic mass is 32.2. The van der Waals surface area contributed by atoms with Gasteiger partial charge in [0.2, 0.25) is 0 Å². The number of ether oxygens (including phenoxy) is 1. The van der Waals surface area contributed by atoms with Crippen LogP contribution in [0, 0.1) is 29.6 Å². The molecule has 6 nitrogen and oxygen atoms in total. The van der Waals surface area contributed by atoms with Gasteiger partial charge in [-0.2, -0.15) is 0 Å². The van der Waals surface area contributed by atoms with Crippen LogP contribution in [-0.2, 0) is 13.1 Å². The molecule has 3 aliphatic rings. The molecule has 0 radical (unpaired) electrons. The van der Waals surface area contributed by atoms with E-state index in [-0.39, 0.29) is 5.56 Å². The van der Waals surface area contributed by atoms with Crippen LogP contribution in [0.2, 0.25) is 0 Å². The summed E-state index contributed by atoms with van der Waals surface area (Å²) in [4.78, 5) is 17.3. The molecule has 1 aliphatic heterocycles. The topological polar surface area (TPSA) is 74.7 Å². The monoisotopic (exact) mass is 511 g/mol. The van der Waals surface area contributed by atoms with Gasteiger partial charge < -0.3 is 14.6 Å². The molecule has 1 aromatic heterocycles. The highest BCUT2D eigenvalue weighted by Crippen LogP contribution is 2.40. The lowest BCUT2D eigenvalue weighted by Crippen LogP contribution is -2.23. The van der Waals surface area contributed by atoms with Crippen molar-refractivity contribution in [1.29, 1.82) is 0 Å². The summed E-state index contributed by atoms with van der Waals surface area (Å²) in [7, 11) is 1.54. The Balaban J connectivity index is 1.10. The highest BCUT2D eigenvalue weighted by molar-refractivity contribution is 7.98. The molecule has 5 rings (SSSR count). The predicted molar refractivity (Wildman–Crippen MR) is 141 cm³/mol. The normalized spacial score (nSPS) is 22.8. The van der Waals surface area contributed by atoms with Crippen molar-refractivity contribution >= 4 is 35.1 Å². The van der Waals surface area contributed by atoms with Crippen LogP contribution in [0.5, 0.6) is 5.75 Å². The Labute approximate surface area is 216 Å². The largest absolute Gasteiger partial charge is 0.495 e. The molecule has 2 N–H and O–H groups in total. The summed E-state index contributed by atoms with van der Waals surface area (Å²) in [6, 6.07) is 4.83. The molecule has 0 amide bonds. The van der Waals surface area contributed by atoms with Gasteiger partial charge in [0.1, 0.15) is 5.75 Å². The number of rotatable bonds is 6. The molecular weight excluding hydrogens is 478 g/mol. The fourth-order valence-electron chi connectivity index (χ4n) is 5.66. The molecule has 2 saturated carbocycles. The Kier molecular flexibility index (Phi) is 7.86. The van der Waals surface area contributed by atoms with Crippen molar-refractivity contribution in [3.05, 3.63) is 39.3 Å². The number of hydrogen-bond donors (Lipinski definition) is 2. The number of carboxylic acid groups (broad SMARTS) is 1. The zero-order chi connectivity index (χ0) is 24.2. The van der Waals surface area contributed by atoms with E-state index in [4.69, 9.17) is 14.8 Å². The number of carbonyl (C=O) groups is 1. The van der Waals surface area contributed by atoms with Crippen molar-refractivity contribution < 1.29 is 14.6 Å². The lowest BCUT2D eigenvalue weighted by molar-refractivity contribution is 0.0696. The van der Waals surface area contributed by atoms with Gasteiger partial charge in [-0.1, -0.05) is 38.0 Å². The Bertz CT molecular complexity index is 1090. The van der Waals surface area contributed by atoms with Crippen molar-refractivity contribution in [3.8, 4) is 17.6 Å². The first-order chi connectivity index (χ1) is 17.1. The predicted octanol–water partition coefficient (Wildman–Crippen LogP) is 6.58. The average Bonchev–Trinajstić information content (AvgIpc) is 3.45. The maximum Gasteiger partial charge on any atom is 0.335 e. The van der Waals surface area contributed by atoms with E-state index >= 15 is 0 Å². The number of anilines is 1. The van der Waals surface area contributed by atoms with Crippen molar-refractivity contribution in [2.45, 2.75) is 70.9 Å². The minimum absolute atomic E-state index is 0.204. The zero-order valence-corrected chi connectivity index (χ0v) is 21.8. The van der Waals surface area contributed by atoms with Gasteiger partial charge in [0.25, 0.3) is 0 Å². The summed E-state index contributed by atoms with van der Waals surface area (Å²) in [6.45, 7) is 1.57. The molecule has 0 saturated heterocycles. The summed E-state index contributed by atoms with van der Waals surface area (Å²) >= 11 is 3.20. The molecule has 0 spiro atoms. The molecule has 2 fully saturated rings. The van der Waals surface area contributed by atoms with Crippen LogP contribution in [-0.4, -0.2) is 27.5 Å². The van der Waals surface area contributed by atoms with Crippen LogP contribution in [0.25, 0.3) is 0 Å². The van der Waals surface area contributed by atoms with Crippen LogP contribution in [0.3, 0.4) is 0 Å². The van der Waals surface area contributed by atoms with Crippen LogP contribution in [0.1, 0.15) is 83.7 Å². The number of aromatic nitrogens is 1. The van der Waals surface area contributed by atoms with Gasteiger partial charge in [0.15, 0.2) is 5.01 Å². The summed E-state index contributed by atoms with van der Waals surface area (Å²) in [5.41, 5.74) is 2.06. The Morgan fingerprint density at radius 3 is 2.63 bits per heavy atom. The molecule has 186 valence electrons. The second-order valence-electron chi connectivity index (χ2n) is 9.88. The van der Waals surface area contributed by atoms with Gasteiger partial charge in [-0.3, -0.25) is 0 Å². The molecule has 0 atom stereocenters. The van der Waals surface area contributed by atoms with Crippen molar-refractivity contribution in [2.24, 2.45) is 17.8 Å². The van der Waals surface area contributed by atoms with E-state index in [1.54, 1.807) is 30.6 Å². The number of fused-ring (bicyclic) bond motifs is 1. The maximum atomic E-state index is 11.2. The Morgan fingerprint density at radius 2 is 1.91 bits per heavy atom. The minimum atomic E-state index is -0.969. The molecule has 8 heteroatoms. The van der Waals surface area contributed by atoms with Gasteiger partial charge in [-0.25, -0.2) is 14.1 Å². The first-order valence-electron chi connectivity index (χ1n) is 12.7. The Hall–Kier alpha value is -2.21. The number of nitrogens with one attached hydrogen (secondary N) is 1. The standard InChI is InChI=1S/C27H33N3O3S2/c1-33-24-15-21(27(31)32)12-13-22(24)29-35-30-16-23-25(17-30)34-26(28-23)14-9-18-7-10-20(11-8-18)19-5-3-2-4-6-19/h12-13,15,18-20,29H,2-8,10-11,16-17H2,1H3,(H,31,32). The molecule has 1 aromatic carbocycles. The van der Waals surface area contributed by atoms with E-state index in [1.165, 1.54) is 80.9 Å². The Morgan fingerprint density at radius 1 is 1.14 bits per heavy atom. The lowest BCUT2D eigenvalue weighted by Gasteiger charge is -2.34. The van der Waals surface area contributed by atoms with Crippen molar-refractivity contribution in [1.82, 2.24) is 9.29 Å². The summed E-state index contributed by atoms with van der Waals surface area (Å²) < 4.78 is 10.8. The van der Waals surface area contributed by atoms with Crippen molar-refractivity contribution in [3.63, 3.8) is 0 Å². The van der Waals surface area contributed by atoms with Crippen LogP contribution < -0.4 is 9.46 Å². The zero-order valence-electron chi connectivity index (χ0n) is 20.2. The van der Waals surface area contributed by atoms with E-state index < -0.39 is 5.97 Å². The van der Waals surface area contributed by atoms with E-state index in [1.807, 2.05) is 0 Å². The maximum absolute atomic E-state index is 11.2.